The van der Waals surface area contributed by atoms with E-state index in [1.165, 1.54) is 32.1 Å². The molecule has 0 bridgehead atoms. The van der Waals surface area contributed by atoms with Crippen LogP contribution in [0.15, 0.2) is 0 Å². The van der Waals surface area contributed by atoms with E-state index in [1.54, 1.807) is 0 Å². The lowest BCUT2D eigenvalue weighted by atomic mass is 10.0. The minimum atomic E-state index is 0.113. The van der Waals surface area contributed by atoms with Gasteiger partial charge in [-0.05, 0) is 25.7 Å². The molecule has 1 nitrogen and oxygen atoms in total. The van der Waals surface area contributed by atoms with Crippen LogP contribution in [0.5, 0.6) is 0 Å². The standard InChI is InChI=1S/C11H17NS/c12-8-11(6-7-11)9-13-10-4-2-1-3-5-10/h10H,1-7,9H2. The summed E-state index contributed by atoms with van der Waals surface area (Å²) < 4.78 is 0. The molecule has 2 heteroatoms. The first kappa shape index (κ1) is 9.40. The summed E-state index contributed by atoms with van der Waals surface area (Å²) in [6, 6.07) is 2.47. The van der Waals surface area contributed by atoms with Gasteiger partial charge in [0.2, 0.25) is 0 Å². The first-order valence-electron chi connectivity index (χ1n) is 5.38. The van der Waals surface area contributed by atoms with Crippen molar-refractivity contribution in [1.29, 1.82) is 5.26 Å². The Balaban J connectivity index is 1.70. The predicted octanol–water partition coefficient (Wildman–Crippen LogP) is 3.36. The van der Waals surface area contributed by atoms with Crippen molar-refractivity contribution in [3.63, 3.8) is 0 Å². The first-order chi connectivity index (χ1) is 6.35. The Bertz CT molecular complexity index is 209. The van der Waals surface area contributed by atoms with Gasteiger partial charge in [0, 0.05) is 11.0 Å². The van der Waals surface area contributed by atoms with Crippen LogP contribution >= 0.6 is 11.8 Å². The largest absolute Gasteiger partial charge is 0.198 e. The number of hydrogen-bond acceptors (Lipinski definition) is 2. The first-order valence-corrected chi connectivity index (χ1v) is 6.42. The molecule has 0 radical (unpaired) electrons. The van der Waals surface area contributed by atoms with Gasteiger partial charge >= 0.3 is 0 Å². The fourth-order valence-corrected chi connectivity index (χ4v) is 3.52. The van der Waals surface area contributed by atoms with E-state index in [0.29, 0.717) is 0 Å². The zero-order chi connectivity index (χ0) is 9.15. The Morgan fingerprint density at radius 1 is 1.23 bits per heavy atom. The molecular formula is C11H17NS. The highest BCUT2D eigenvalue weighted by Crippen LogP contribution is 2.48. The molecule has 0 spiro atoms. The number of rotatable bonds is 3. The van der Waals surface area contributed by atoms with E-state index in [2.05, 4.69) is 17.8 Å². The van der Waals surface area contributed by atoms with Crippen molar-refractivity contribution < 1.29 is 0 Å². The van der Waals surface area contributed by atoms with Gasteiger partial charge in [-0.25, -0.2) is 0 Å². The average molecular weight is 195 g/mol. The van der Waals surface area contributed by atoms with Gasteiger partial charge in [0.25, 0.3) is 0 Å². The summed E-state index contributed by atoms with van der Waals surface area (Å²) >= 11 is 2.07. The highest BCUT2D eigenvalue weighted by Gasteiger charge is 2.43. The van der Waals surface area contributed by atoms with Crippen molar-refractivity contribution in [3.05, 3.63) is 0 Å². The Kier molecular flexibility index (Phi) is 2.83. The molecule has 2 saturated carbocycles. The Labute approximate surface area is 84.9 Å². The van der Waals surface area contributed by atoms with E-state index >= 15 is 0 Å². The lowest BCUT2D eigenvalue weighted by Crippen LogP contribution is -2.11. The van der Waals surface area contributed by atoms with E-state index in [9.17, 15) is 0 Å². The second kappa shape index (κ2) is 3.92. The smallest absolute Gasteiger partial charge is 0.0698 e. The molecule has 0 aromatic heterocycles. The molecule has 2 aliphatic rings. The topological polar surface area (TPSA) is 23.8 Å². The fourth-order valence-electron chi connectivity index (χ4n) is 1.95. The minimum absolute atomic E-state index is 0.113. The average Bonchev–Trinajstić information content (AvgIpc) is 2.97. The van der Waals surface area contributed by atoms with Crippen molar-refractivity contribution in [1.82, 2.24) is 0 Å². The highest BCUT2D eigenvalue weighted by molar-refractivity contribution is 7.99. The summed E-state index contributed by atoms with van der Waals surface area (Å²) in [6.07, 6.45) is 9.36. The van der Waals surface area contributed by atoms with Gasteiger partial charge in [-0.3, -0.25) is 0 Å². The molecule has 2 fully saturated rings. The molecule has 0 aliphatic heterocycles. The summed E-state index contributed by atoms with van der Waals surface area (Å²) in [7, 11) is 0. The molecule has 13 heavy (non-hydrogen) atoms. The molecule has 0 saturated heterocycles. The molecule has 0 heterocycles. The lowest BCUT2D eigenvalue weighted by molar-refractivity contribution is 0.515. The molecule has 0 unspecified atom stereocenters. The quantitative estimate of drug-likeness (QED) is 0.689. The predicted molar refractivity (Wildman–Crippen MR) is 56.6 cm³/mol. The summed E-state index contributed by atoms with van der Waals surface area (Å²) in [5, 5.41) is 9.80. The Morgan fingerprint density at radius 3 is 2.46 bits per heavy atom. The fraction of sp³-hybridized carbons (Fsp3) is 0.909. The van der Waals surface area contributed by atoms with Gasteiger partial charge in [-0.1, -0.05) is 19.3 Å². The van der Waals surface area contributed by atoms with Gasteiger partial charge in [-0.15, -0.1) is 0 Å². The van der Waals surface area contributed by atoms with E-state index in [1.807, 2.05) is 0 Å². The van der Waals surface area contributed by atoms with Crippen LogP contribution in [0.3, 0.4) is 0 Å². The van der Waals surface area contributed by atoms with Crippen LogP contribution in [-0.4, -0.2) is 11.0 Å². The Morgan fingerprint density at radius 2 is 1.92 bits per heavy atom. The molecule has 0 N–H and O–H groups in total. The van der Waals surface area contributed by atoms with Gasteiger partial charge in [0.1, 0.15) is 0 Å². The summed E-state index contributed by atoms with van der Waals surface area (Å²) in [5.41, 5.74) is 0.113. The molecule has 0 amide bonds. The zero-order valence-electron chi connectivity index (χ0n) is 8.09. The number of hydrogen-bond donors (Lipinski definition) is 0. The maximum atomic E-state index is 8.92. The maximum absolute atomic E-state index is 8.92. The molecule has 72 valence electrons. The normalized spacial score (nSPS) is 26.7. The lowest BCUT2D eigenvalue weighted by Gasteiger charge is -2.21. The number of thioether (sulfide) groups is 1. The summed E-state index contributed by atoms with van der Waals surface area (Å²) in [6.45, 7) is 0. The highest BCUT2D eigenvalue weighted by atomic mass is 32.2. The molecular weight excluding hydrogens is 178 g/mol. The van der Waals surface area contributed by atoms with Gasteiger partial charge < -0.3 is 0 Å². The van der Waals surface area contributed by atoms with Crippen LogP contribution in [0.25, 0.3) is 0 Å². The van der Waals surface area contributed by atoms with Crippen LogP contribution < -0.4 is 0 Å². The van der Waals surface area contributed by atoms with E-state index in [-0.39, 0.29) is 5.41 Å². The third-order valence-electron chi connectivity index (χ3n) is 3.24. The van der Waals surface area contributed by atoms with Crippen molar-refractivity contribution >= 4 is 11.8 Å². The van der Waals surface area contributed by atoms with E-state index in [4.69, 9.17) is 5.26 Å². The van der Waals surface area contributed by atoms with E-state index < -0.39 is 0 Å². The van der Waals surface area contributed by atoms with Gasteiger partial charge in [0.15, 0.2) is 0 Å². The van der Waals surface area contributed by atoms with Crippen LogP contribution in [-0.2, 0) is 0 Å². The van der Waals surface area contributed by atoms with Gasteiger partial charge in [0.05, 0.1) is 11.5 Å². The van der Waals surface area contributed by atoms with Gasteiger partial charge in [-0.2, -0.15) is 17.0 Å². The Hall–Kier alpha value is -0.160. The summed E-state index contributed by atoms with van der Waals surface area (Å²) in [5.74, 6) is 1.11. The monoisotopic (exact) mass is 195 g/mol. The van der Waals surface area contributed by atoms with Crippen LogP contribution in [0, 0.1) is 16.7 Å². The second-order valence-corrected chi connectivity index (χ2v) is 5.75. The second-order valence-electron chi connectivity index (χ2n) is 4.46. The minimum Gasteiger partial charge on any atom is -0.198 e. The molecule has 2 rings (SSSR count). The maximum Gasteiger partial charge on any atom is 0.0698 e. The molecule has 0 aromatic carbocycles. The number of nitrogens with zero attached hydrogens (tertiary/aromatic N) is 1. The van der Waals surface area contributed by atoms with Crippen molar-refractivity contribution in [2.24, 2.45) is 5.41 Å². The zero-order valence-corrected chi connectivity index (χ0v) is 8.91. The SMILES string of the molecule is N#CC1(CSC2CCCCC2)CC1. The van der Waals surface area contributed by atoms with Crippen LogP contribution in [0.4, 0.5) is 0 Å². The van der Waals surface area contributed by atoms with E-state index in [0.717, 1.165) is 23.8 Å². The molecule has 2 aliphatic carbocycles. The van der Waals surface area contributed by atoms with Crippen LogP contribution in [0.2, 0.25) is 0 Å². The number of nitriles is 1. The van der Waals surface area contributed by atoms with Crippen molar-refractivity contribution in [3.8, 4) is 6.07 Å². The third-order valence-corrected chi connectivity index (χ3v) is 4.90. The van der Waals surface area contributed by atoms with Crippen molar-refractivity contribution in [2.45, 2.75) is 50.2 Å². The third kappa shape index (κ3) is 2.40. The molecule has 0 aromatic rings. The van der Waals surface area contributed by atoms with Crippen molar-refractivity contribution in [2.75, 3.05) is 5.75 Å². The van der Waals surface area contributed by atoms with Crippen LogP contribution in [0.1, 0.15) is 44.9 Å². The summed E-state index contributed by atoms with van der Waals surface area (Å²) in [4.78, 5) is 0. The molecule has 0 atom stereocenters.